The topological polar surface area (TPSA) is 57.5 Å². The minimum Gasteiger partial charge on any atom is -0.390 e. The molecule has 0 saturated heterocycles. The van der Waals surface area contributed by atoms with Crippen LogP contribution in [-0.4, -0.2) is 28.2 Å². The Labute approximate surface area is 117 Å². The maximum Gasteiger partial charge on any atom is 0.132 e. The van der Waals surface area contributed by atoms with Gasteiger partial charge in [0.25, 0.3) is 0 Å². The first-order valence-electron chi connectivity index (χ1n) is 8.08. The number of rotatable bonds is 0. The summed E-state index contributed by atoms with van der Waals surface area (Å²) in [5, 5.41) is 19.7. The summed E-state index contributed by atoms with van der Waals surface area (Å²) in [5.74, 6) is 0.419. The largest absolute Gasteiger partial charge is 0.390 e. The average molecular weight is 270 g/mol. The molecular weight excluding hydrogens is 240 g/mol. The number of aliphatic hydroxyl groups is 2. The van der Waals surface area contributed by atoms with E-state index in [9.17, 15) is 15.0 Å². The van der Waals surface area contributed by atoms with E-state index in [0.717, 1.165) is 70.6 Å². The first-order chi connectivity index (χ1) is 9.20. The summed E-state index contributed by atoms with van der Waals surface area (Å²) >= 11 is 0. The van der Waals surface area contributed by atoms with Gasteiger partial charge in [-0.05, 0) is 25.7 Å². The molecule has 0 spiro atoms. The highest BCUT2D eigenvalue weighted by Gasteiger charge is 2.15. The summed E-state index contributed by atoms with van der Waals surface area (Å²) in [6.45, 7) is 0. The fraction of sp³-hybridized carbons (Fsp3) is 0.938. The van der Waals surface area contributed by atoms with Crippen LogP contribution in [0.1, 0.15) is 83.5 Å². The van der Waals surface area contributed by atoms with Crippen molar-refractivity contribution in [1.82, 2.24) is 0 Å². The predicted octanol–water partition coefficient (Wildman–Crippen LogP) is 3.36. The van der Waals surface area contributed by atoms with Crippen molar-refractivity contribution in [3.05, 3.63) is 0 Å². The van der Waals surface area contributed by atoms with Crippen LogP contribution < -0.4 is 0 Å². The number of hydrogen-bond acceptors (Lipinski definition) is 3. The summed E-state index contributed by atoms with van der Waals surface area (Å²) in [7, 11) is 0. The van der Waals surface area contributed by atoms with Gasteiger partial charge in [0, 0.05) is 12.8 Å². The highest BCUT2D eigenvalue weighted by Crippen LogP contribution is 2.16. The SMILES string of the molecule is O=C1CCCCCCCC(O)C(O)CCCCCC1. The monoisotopic (exact) mass is 270 g/mol. The van der Waals surface area contributed by atoms with Crippen LogP contribution >= 0.6 is 0 Å². The van der Waals surface area contributed by atoms with E-state index >= 15 is 0 Å². The van der Waals surface area contributed by atoms with Crippen molar-refractivity contribution in [1.29, 1.82) is 0 Å². The third kappa shape index (κ3) is 8.38. The van der Waals surface area contributed by atoms with Crippen molar-refractivity contribution in [2.45, 2.75) is 95.7 Å². The molecule has 0 aromatic heterocycles. The van der Waals surface area contributed by atoms with Crippen molar-refractivity contribution >= 4 is 5.78 Å². The van der Waals surface area contributed by atoms with Crippen molar-refractivity contribution in [2.75, 3.05) is 0 Å². The van der Waals surface area contributed by atoms with Gasteiger partial charge in [-0.2, -0.15) is 0 Å². The Morgan fingerprint density at radius 1 is 0.632 bits per heavy atom. The molecule has 3 nitrogen and oxygen atoms in total. The van der Waals surface area contributed by atoms with Crippen LogP contribution in [0.15, 0.2) is 0 Å². The Morgan fingerprint density at radius 2 is 1.00 bits per heavy atom. The van der Waals surface area contributed by atoms with Crippen LogP contribution in [0.5, 0.6) is 0 Å². The zero-order chi connectivity index (χ0) is 13.9. The maximum atomic E-state index is 11.6. The lowest BCUT2D eigenvalue weighted by molar-refractivity contribution is -0.119. The molecule has 0 bridgehead atoms. The van der Waals surface area contributed by atoms with Gasteiger partial charge < -0.3 is 10.2 Å². The van der Waals surface area contributed by atoms with Crippen molar-refractivity contribution < 1.29 is 15.0 Å². The molecule has 0 aliphatic heterocycles. The fourth-order valence-electron chi connectivity index (χ4n) is 2.74. The smallest absolute Gasteiger partial charge is 0.132 e. The summed E-state index contributed by atoms with van der Waals surface area (Å²) in [4.78, 5) is 11.6. The molecule has 0 amide bonds. The van der Waals surface area contributed by atoms with E-state index in [0.29, 0.717) is 18.6 Å². The van der Waals surface area contributed by atoms with E-state index in [4.69, 9.17) is 0 Å². The Hall–Kier alpha value is -0.410. The fourth-order valence-corrected chi connectivity index (χ4v) is 2.74. The van der Waals surface area contributed by atoms with E-state index in [1.165, 1.54) is 0 Å². The van der Waals surface area contributed by atoms with Gasteiger partial charge in [0.05, 0.1) is 12.2 Å². The lowest BCUT2D eigenvalue weighted by Gasteiger charge is -2.17. The quantitative estimate of drug-likeness (QED) is 0.709. The second-order valence-electron chi connectivity index (χ2n) is 5.93. The van der Waals surface area contributed by atoms with Crippen LogP contribution in [0.3, 0.4) is 0 Å². The molecule has 0 aromatic rings. The zero-order valence-corrected chi connectivity index (χ0v) is 12.1. The van der Waals surface area contributed by atoms with Crippen molar-refractivity contribution in [3.63, 3.8) is 0 Å². The number of Topliss-reactive ketones (excluding diaryl/α,β-unsaturated/α-hetero) is 1. The number of hydrogen-bond donors (Lipinski definition) is 2. The first-order valence-corrected chi connectivity index (χ1v) is 8.08. The van der Waals surface area contributed by atoms with E-state index in [1.54, 1.807) is 0 Å². The molecule has 0 heterocycles. The van der Waals surface area contributed by atoms with Gasteiger partial charge in [-0.15, -0.1) is 0 Å². The Balaban J connectivity index is 2.28. The molecule has 1 saturated carbocycles. The van der Waals surface area contributed by atoms with Crippen molar-refractivity contribution in [2.24, 2.45) is 0 Å². The number of carbonyl (C=O) groups is 1. The Kier molecular flexibility index (Phi) is 9.10. The van der Waals surface area contributed by atoms with Gasteiger partial charge in [-0.3, -0.25) is 4.79 Å². The van der Waals surface area contributed by atoms with Gasteiger partial charge in [0.2, 0.25) is 0 Å². The molecule has 0 aromatic carbocycles. The number of aliphatic hydroxyl groups excluding tert-OH is 2. The molecule has 0 radical (unpaired) electrons. The highest BCUT2D eigenvalue weighted by atomic mass is 16.3. The molecule has 1 fully saturated rings. The van der Waals surface area contributed by atoms with E-state index in [2.05, 4.69) is 0 Å². The Morgan fingerprint density at radius 3 is 1.47 bits per heavy atom. The third-order valence-electron chi connectivity index (χ3n) is 4.11. The lowest BCUT2D eigenvalue weighted by Crippen LogP contribution is -2.25. The summed E-state index contributed by atoms with van der Waals surface area (Å²) in [6, 6.07) is 0. The molecular formula is C16H30O3. The van der Waals surface area contributed by atoms with Crippen LogP contribution in [0.4, 0.5) is 0 Å². The molecule has 2 N–H and O–H groups in total. The Bertz CT molecular complexity index is 240. The number of ketones is 1. The predicted molar refractivity (Wildman–Crippen MR) is 77.0 cm³/mol. The molecule has 2 unspecified atom stereocenters. The minimum absolute atomic E-state index is 0.419. The molecule has 1 aliphatic rings. The molecule has 1 rings (SSSR count). The summed E-state index contributed by atoms with van der Waals surface area (Å²) < 4.78 is 0. The zero-order valence-electron chi connectivity index (χ0n) is 12.1. The normalized spacial score (nSPS) is 30.1. The summed E-state index contributed by atoms with van der Waals surface area (Å²) in [5.41, 5.74) is 0. The first kappa shape index (κ1) is 16.6. The number of carbonyl (C=O) groups excluding carboxylic acids is 1. The maximum absolute atomic E-state index is 11.6. The van der Waals surface area contributed by atoms with Gasteiger partial charge in [0.15, 0.2) is 0 Å². The van der Waals surface area contributed by atoms with E-state index in [-0.39, 0.29) is 0 Å². The second kappa shape index (κ2) is 10.4. The van der Waals surface area contributed by atoms with Crippen LogP contribution in [0.25, 0.3) is 0 Å². The molecule has 112 valence electrons. The lowest BCUT2D eigenvalue weighted by atomic mass is 9.98. The van der Waals surface area contributed by atoms with Gasteiger partial charge in [-0.25, -0.2) is 0 Å². The van der Waals surface area contributed by atoms with E-state index in [1.807, 2.05) is 0 Å². The molecule has 19 heavy (non-hydrogen) atoms. The third-order valence-corrected chi connectivity index (χ3v) is 4.11. The standard InChI is InChI=1S/C16H30O3/c17-14-10-6-2-1-3-8-12-15(18)16(19)13-9-5-4-7-11-14/h15-16,18-19H,1-13H2. The molecule has 2 atom stereocenters. The van der Waals surface area contributed by atoms with Crippen LogP contribution in [0, 0.1) is 0 Å². The van der Waals surface area contributed by atoms with Crippen molar-refractivity contribution in [3.8, 4) is 0 Å². The van der Waals surface area contributed by atoms with Gasteiger partial charge in [-0.1, -0.05) is 44.9 Å². The summed E-state index contributed by atoms with van der Waals surface area (Å²) in [6.07, 6.45) is 11.2. The van der Waals surface area contributed by atoms with Gasteiger partial charge >= 0.3 is 0 Å². The van der Waals surface area contributed by atoms with Crippen LogP contribution in [0.2, 0.25) is 0 Å². The van der Waals surface area contributed by atoms with Crippen LogP contribution in [-0.2, 0) is 4.79 Å². The van der Waals surface area contributed by atoms with E-state index < -0.39 is 12.2 Å². The molecule has 3 heteroatoms. The highest BCUT2D eigenvalue weighted by molar-refractivity contribution is 5.78. The minimum atomic E-state index is -0.561. The average Bonchev–Trinajstić information content (AvgIpc) is 2.39. The second-order valence-corrected chi connectivity index (χ2v) is 5.93. The van der Waals surface area contributed by atoms with Gasteiger partial charge in [0.1, 0.15) is 5.78 Å². The molecule has 1 aliphatic carbocycles.